The Labute approximate surface area is 234 Å². The lowest BCUT2D eigenvalue weighted by Crippen LogP contribution is -2.29. The predicted molar refractivity (Wildman–Crippen MR) is 150 cm³/mol. The molecule has 4 heterocycles. The number of methoxy groups -OCH3 is 1. The Kier molecular flexibility index (Phi) is 7.16. The Bertz CT molecular complexity index is 1700. The van der Waals surface area contributed by atoms with Crippen molar-refractivity contribution in [3.8, 4) is 5.75 Å². The normalized spacial score (nSPS) is 16.6. The van der Waals surface area contributed by atoms with E-state index in [-0.39, 0.29) is 21.3 Å². The fourth-order valence-electron chi connectivity index (χ4n) is 4.78. The number of esters is 1. The van der Waals surface area contributed by atoms with Crippen LogP contribution in [0.15, 0.2) is 48.2 Å². The van der Waals surface area contributed by atoms with Gasteiger partial charge in [0.05, 0.1) is 36.7 Å². The number of amides is 1. The highest BCUT2D eigenvalue weighted by atomic mass is 32.1. The minimum Gasteiger partial charge on any atom is -0.505 e. The number of benzene rings is 1. The first-order valence-corrected chi connectivity index (χ1v) is 13.5. The Morgan fingerprint density at radius 2 is 1.90 bits per heavy atom. The summed E-state index contributed by atoms with van der Waals surface area (Å²) in [5.41, 5.74) is 3.07. The van der Waals surface area contributed by atoms with E-state index in [0.29, 0.717) is 35.0 Å². The molecule has 1 fully saturated rings. The molecule has 0 bridgehead atoms. The SMILES string of the molecule is CCCOc1cccc(C2/C(=C(\O)c3nc4c(C)cccn4c3C)C(=O)C(=O)N2c2nc(C)c(C(=O)OC)s2)c1. The summed E-state index contributed by atoms with van der Waals surface area (Å²) in [5.74, 6) is -2.21. The molecule has 0 spiro atoms. The van der Waals surface area contributed by atoms with E-state index in [9.17, 15) is 19.5 Å². The van der Waals surface area contributed by atoms with Gasteiger partial charge in [-0.1, -0.05) is 36.5 Å². The van der Waals surface area contributed by atoms with Crippen molar-refractivity contribution in [2.45, 2.75) is 40.2 Å². The molecule has 11 heteroatoms. The molecular formula is C29H28N4O6S. The maximum atomic E-state index is 13.6. The molecule has 1 saturated heterocycles. The largest absolute Gasteiger partial charge is 0.505 e. The standard InChI is InChI=1S/C29H28N4O6S/c1-6-13-39-19-11-7-10-18(14-19)22-20(23(34)21-17(4)32-12-8-9-15(2)26(32)31-21)24(35)27(36)33(22)29-30-16(3)25(40-29)28(37)38-5/h7-12,14,22,34H,6,13H2,1-5H3/b23-20+. The molecule has 1 aliphatic heterocycles. The molecule has 10 nitrogen and oxygen atoms in total. The van der Waals surface area contributed by atoms with Gasteiger partial charge in [0.25, 0.3) is 5.78 Å². The van der Waals surface area contributed by atoms with Gasteiger partial charge in [-0.05, 0) is 56.5 Å². The first-order valence-electron chi connectivity index (χ1n) is 12.7. The van der Waals surface area contributed by atoms with Crippen LogP contribution in [0.2, 0.25) is 0 Å². The maximum absolute atomic E-state index is 13.6. The van der Waals surface area contributed by atoms with Crippen LogP contribution in [0.5, 0.6) is 5.75 Å². The minimum absolute atomic E-state index is 0.130. The highest BCUT2D eigenvalue weighted by molar-refractivity contribution is 7.17. The summed E-state index contributed by atoms with van der Waals surface area (Å²) < 4.78 is 12.5. The third kappa shape index (κ3) is 4.41. The molecule has 1 amide bonds. The zero-order chi connectivity index (χ0) is 28.7. The topological polar surface area (TPSA) is 123 Å². The van der Waals surface area contributed by atoms with Crippen LogP contribution in [0.3, 0.4) is 0 Å². The number of aliphatic hydroxyl groups is 1. The third-order valence-electron chi connectivity index (χ3n) is 6.76. The fourth-order valence-corrected chi connectivity index (χ4v) is 5.79. The van der Waals surface area contributed by atoms with Gasteiger partial charge in [0.15, 0.2) is 10.9 Å². The number of ketones is 1. The third-order valence-corrected chi connectivity index (χ3v) is 7.90. The summed E-state index contributed by atoms with van der Waals surface area (Å²) in [4.78, 5) is 50.0. The van der Waals surface area contributed by atoms with E-state index < -0.39 is 29.5 Å². The molecule has 1 N–H and O–H groups in total. The number of aryl methyl sites for hydroxylation is 3. The first-order chi connectivity index (χ1) is 19.2. The maximum Gasteiger partial charge on any atom is 0.350 e. The number of nitrogens with zero attached hydrogens (tertiary/aromatic N) is 4. The predicted octanol–water partition coefficient (Wildman–Crippen LogP) is 4.92. The van der Waals surface area contributed by atoms with Gasteiger partial charge in [-0.25, -0.2) is 14.8 Å². The zero-order valence-corrected chi connectivity index (χ0v) is 23.5. The monoisotopic (exact) mass is 560 g/mol. The summed E-state index contributed by atoms with van der Waals surface area (Å²) in [6.07, 6.45) is 2.61. The molecule has 1 aromatic carbocycles. The summed E-state index contributed by atoms with van der Waals surface area (Å²) in [5, 5.41) is 11.8. The van der Waals surface area contributed by atoms with E-state index in [1.807, 2.05) is 36.6 Å². The van der Waals surface area contributed by atoms with Crippen LogP contribution < -0.4 is 9.64 Å². The number of aromatic nitrogens is 3. The van der Waals surface area contributed by atoms with Crippen LogP contribution in [-0.4, -0.2) is 50.9 Å². The van der Waals surface area contributed by atoms with Crippen molar-refractivity contribution in [1.29, 1.82) is 0 Å². The Balaban J connectivity index is 1.74. The molecule has 5 rings (SSSR count). The number of hydrogen-bond donors (Lipinski definition) is 1. The van der Waals surface area contributed by atoms with Crippen molar-refractivity contribution < 1.29 is 29.0 Å². The van der Waals surface area contributed by atoms with Gasteiger partial charge < -0.3 is 19.0 Å². The van der Waals surface area contributed by atoms with Crippen molar-refractivity contribution >= 4 is 45.5 Å². The Hall–Kier alpha value is -4.51. The van der Waals surface area contributed by atoms with Crippen LogP contribution in [-0.2, 0) is 14.3 Å². The van der Waals surface area contributed by atoms with Crippen molar-refractivity contribution in [2.24, 2.45) is 0 Å². The lowest BCUT2D eigenvalue weighted by atomic mass is 9.96. The Morgan fingerprint density at radius 1 is 1.12 bits per heavy atom. The molecule has 206 valence electrons. The molecule has 0 aliphatic carbocycles. The van der Waals surface area contributed by atoms with Gasteiger partial charge in [-0.15, -0.1) is 0 Å². The lowest BCUT2D eigenvalue weighted by molar-refractivity contribution is -0.132. The molecule has 0 radical (unpaired) electrons. The van der Waals surface area contributed by atoms with E-state index >= 15 is 0 Å². The average Bonchev–Trinajstić information content (AvgIpc) is 3.58. The number of thiazole rings is 1. The van der Waals surface area contributed by atoms with Crippen LogP contribution in [0.1, 0.15) is 57.3 Å². The van der Waals surface area contributed by atoms with Gasteiger partial charge in [0.1, 0.15) is 22.0 Å². The minimum atomic E-state index is -1.05. The van der Waals surface area contributed by atoms with Crippen LogP contribution in [0, 0.1) is 20.8 Å². The molecule has 1 aliphatic rings. The molecule has 40 heavy (non-hydrogen) atoms. The second-order valence-electron chi connectivity index (χ2n) is 9.42. The number of anilines is 1. The second-order valence-corrected chi connectivity index (χ2v) is 10.4. The number of hydrogen-bond acceptors (Lipinski definition) is 9. The fraction of sp³-hybridized carbons (Fsp3) is 0.276. The van der Waals surface area contributed by atoms with Gasteiger partial charge in [-0.3, -0.25) is 14.5 Å². The molecule has 0 saturated carbocycles. The van der Waals surface area contributed by atoms with E-state index in [1.54, 1.807) is 38.1 Å². The highest BCUT2D eigenvalue weighted by Gasteiger charge is 2.49. The Morgan fingerprint density at radius 3 is 2.60 bits per heavy atom. The number of fused-ring (bicyclic) bond motifs is 1. The number of carbonyl (C=O) groups excluding carboxylic acids is 3. The smallest absolute Gasteiger partial charge is 0.350 e. The van der Waals surface area contributed by atoms with Gasteiger partial charge >= 0.3 is 11.9 Å². The number of pyridine rings is 1. The zero-order valence-electron chi connectivity index (χ0n) is 22.7. The summed E-state index contributed by atoms with van der Waals surface area (Å²) in [7, 11) is 1.26. The second kappa shape index (κ2) is 10.6. The first kappa shape index (κ1) is 27.1. The number of Topliss-reactive ketones (excluding diaryl/α,β-unsaturated/α-hetero) is 1. The quantitative estimate of drug-likeness (QED) is 0.146. The van der Waals surface area contributed by atoms with E-state index in [2.05, 4.69) is 9.97 Å². The number of ether oxygens (including phenoxy) is 2. The molecule has 4 aromatic rings. The molecular weight excluding hydrogens is 532 g/mol. The number of aliphatic hydroxyl groups excluding tert-OH is 1. The van der Waals surface area contributed by atoms with Crippen LogP contribution in [0.4, 0.5) is 5.13 Å². The van der Waals surface area contributed by atoms with Crippen molar-refractivity contribution in [3.05, 3.63) is 81.3 Å². The van der Waals surface area contributed by atoms with Crippen LogP contribution in [0.25, 0.3) is 11.4 Å². The number of imidazole rings is 1. The molecule has 1 unspecified atom stereocenters. The summed E-state index contributed by atoms with van der Waals surface area (Å²) in [6, 6.07) is 9.73. The van der Waals surface area contributed by atoms with Crippen molar-refractivity contribution in [3.63, 3.8) is 0 Å². The lowest BCUT2D eigenvalue weighted by Gasteiger charge is -2.23. The van der Waals surface area contributed by atoms with Crippen LogP contribution >= 0.6 is 11.3 Å². The van der Waals surface area contributed by atoms with Crippen molar-refractivity contribution in [1.82, 2.24) is 14.4 Å². The average molecular weight is 561 g/mol. The highest BCUT2D eigenvalue weighted by Crippen LogP contribution is 2.44. The van der Waals surface area contributed by atoms with E-state index in [1.165, 1.54) is 12.0 Å². The number of rotatable bonds is 7. The molecule has 3 aromatic heterocycles. The van der Waals surface area contributed by atoms with Gasteiger partial charge in [-0.2, -0.15) is 0 Å². The van der Waals surface area contributed by atoms with Gasteiger partial charge in [0.2, 0.25) is 0 Å². The molecule has 1 atom stereocenters. The van der Waals surface area contributed by atoms with Gasteiger partial charge in [0, 0.05) is 6.20 Å². The van der Waals surface area contributed by atoms with E-state index in [4.69, 9.17) is 9.47 Å². The number of carbonyl (C=O) groups is 3. The summed E-state index contributed by atoms with van der Waals surface area (Å²) in [6.45, 7) is 7.78. The van der Waals surface area contributed by atoms with Crippen molar-refractivity contribution in [2.75, 3.05) is 18.6 Å². The van der Waals surface area contributed by atoms with E-state index in [0.717, 1.165) is 23.3 Å². The summed E-state index contributed by atoms with van der Waals surface area (Å²) >= 11 is 0.942.